The minimum Gasteiger partial charge on any atom is -0.476 e. The van der Waals surface area contributed by atoms with Crippen molar-refractivity contribution in [2.24, 2.45) is 0 Å². The Balaban J connectivity index is 2.22. The predicted molar refractivity (Wildman–Crippen MR) is 77.5 cm³/mol. The van der Waals surface area contributed by atoms with Crippen LogP contribution in [0, 0.1) is 0 Å². The normalized spacial score (nSPS) is 19.5. The third-order valence-electron chi connectivity index (χ3n) is 3.64. The maximum Gasteiger partial charge on any atom is 0.242 e. The second kappa shape index (κ2) is 6.59. The summed E-state index contributed by atoms with van der Waals surface area (Å²) in [5, 5.41) is 0. The van der Waals surface area contributed by atoms with Gasteiger partial charge in [-0.15, -0.1) is 0 Å². The summed E-state index contributed by atoms with van der Waals surface area (Å²) in [5.41, 5.74) is 6.76. The highest BCUT2D eigenvalue weighted by Gasteiger charge is 2.25. The van der Waals surface area contributed by atoms with Crippen LogP contribution in [0.3, 0.4) is 0 Å². The lowest BCUT2D eigenvalue weighted by molar-refractivity contribution is 0.306. The summed E-state index contributed by atoms with van der Waals surface area (Å²) in [6.45, 7) is 5.94. The van der Waals surface area contributed by atoms with Crippen molar-refractivity contribution in [2.75, 3.05) is 23.8 Å². The zero-order chi connectivity index (χ0) is 13.7. The van der Waals surface area contributed by atoms with E-state index in [4.69, 9.17) is 10.5 Å². The fraction of sp³-hybridized carbons (Fsp3) is 0.714. The molecule has 0 spiro atoms. The summed E-state index contributed by atoms with van der Waals surface area (Å²) >= 11 is 0. The standard InChI is InChI=1S/C14H24N4O/c1-3-9-19-14-12(15)13(16-10-17-14)18-8-6-5-7-11(18)4-2/h10-11H,3-9,15H2,1-2H3. The summed E-state index contributed by atoms with van der Waals surface area (Å²) in [4.78, 5) is 10.8. The Morgan fingerprint density at radius 2 is 2.21 bits per heavy atom. The first-order valence-electron chi connectivity index (χ1n) is 7.27. The molecule has 0 aliphatic carbocycles. The zero-order valence-electron chi connectivity index (χ0n) is 11.9. The number of ether oxygens (including phenoxy) is 1. The van der Waals surface area contributed by atoms with Crippen molar-refractivity contribution in [3.05, 3.63) is 6.33 Å². The monoisotopic (exact) mass is 264 g/mol. The molecule has 2 N–H and O–H groups in total. The maximum atomic E-state index is 6.18. The largest absolute Gasteiger partial charge is 0.476 e. The summed E-state index contributed by atoms with van der Waals surface area (Å²) < 4.78 is 5.58. The second-order valence-electron chi connectivity index (χ2n) is 5.02. The minimum absolute atomic E-state index is 0.521. The van der Waals surface area contributed by atoms with Gasteiger partial charge in [-0.3, -0.25) is 0 Å². The van der Waals surface area contributed by atoms with E-state index in [9.17, 15) is 0 Å². The van der Waals surface area contributed by atoms with Gasteiger partial charge in [-0.05, 0) is 32.1 Å². The van der Waals surface area contributed by atoms with Crippen LogP contribution in [-0.2, 0) is 0 Å². The molecule has 5 nitrogen and oxygen atoms in total. The third kappa shape index (κ3) is 3.08. The van der Waals surface area contributed by atoms with Gasteiger partial charge in [0, 0.05) is 12.6 Å². The molecule has 1 atom stereocenters. The van der Waals surface area contributed by atoms with Crippen LogP contribution in [-0.4, -0.2) is 29.2 Å². The lowest BCUT2D eigenvalue weighted by atomic mass is 10.00. The van der Waals surface area contributed by atoms with Crippen molar-refractivity contribution in [3.8, 4) is 5.88 Å². The fourth-order valence-electron chi connectivity index (χ4n) is 2.62. The first-order valence-corrected chi connectivity index (χ1v) is 7.27. The number of hydrogen-bond acceptors (Lipinski definition) is 5. The average Bonchev–Trinajstić information content (AvgIpc) is 2.46. The number of nitrogens with two attached hydrogens (primary N) is 1. The summed E-state index contributed by atoms with van der Waals surface area (Å²) in [7, 11) is 0. The number of anilines is 2. The van der Waals surface area contributed by atoms with Crippen molar-refractivity contribution in [2.45, 2.75) is 52.0 Å². The van der Waals surface area contributed by atoms with Gasteiger partial charge in [-0.2, -0.15) is 4.98 Å². The van der Waals surface area contributed by atoms with E-state index in [0.29, 0.717) is 24.2 Å². The highest BCUT2D eigenvalue weighted by molar-refractivity contribution is 5.68. The summed E-state index contributed by atoms with van der Waals surface area (Å²) in [6.07, 6.45) is 7.32. The highest BCUT2D eigenvalue weighted by Crippen LogP contribution is 2.32. The Kier molecular flexibility index (Phi) is 4.82. The molecular weight excluding hydrogens is 240 g/mol. The Bertz CT molecular complexity index is 410. The lowest BCUT2D eigenvalue weighted by Crippen LogP contribution is -2.40. The van der Waals surface area contributed by atoms with Crippen LogP contribution in [0.2, 0.25) is 0 Å². The highest BCUT2D eigenvalue weighted by atomic mass is 16.5. The molecule has 2 rings (SSSR count). The van der Waals surface area contributed by atoms with Gasteiger partial charge in [-0.25, -0.2) is 4.98 Å². The van der Waals surface area contributed by atoms with Crippen LogP contribution in [0.1, 0.15) is 46.0 Å². The van der Waals surface area contributed by atoms with Gasteiger partial charge in [0.15, 0.2) is 5.82 Å². The van der Waals surface area contributed by atoms with E-state index in [-0.39, 0.29) is 0 Å². The zero-order valence-corrected chi connectivity index (χ0v) is 11.9. The van der Waals surface area contributed by atoms with Crippen LogP contribution in [0.4, 0.5) is 11.5 Å². The first kappa shape index (κ1) is 13.9. The second-order valence-corrected chi connectivity index (χ2v) is 5.02. The van der Waals surface area contributed by atoms with E-state index in [0.717, 1.165) is 25.2 Å². The van der Waals surface area contributed by atoms with E-state index >= 15 is 0 Å². The van der Waals surface area contributed by atoms with E-state index in [1.165, 1.54) is 19.3 Å². The molecule has 1 unspecified atom stereocenters. The molecule has 1 aliphatic rings. The summed E-state index contributed by atoms with van der Waals surface area (Å²) in [6, 6.07) is 0.532. The molecule has 106 valence electrons. The number of aromatic nitrogens is 2. The molecule has 19 heavy (non-hydrogen) atoms. The van der Waals surface area contributed by atoms with Gasteiger partial charge in [0.05, 0.1) is 6.61 Å². The van der Waals surface area contributed by atoms with Crippen molar-refractivity contribution in [1.29, 1.82) is 0 Å². The van der Waals surface area contributed by atoms with Crippen LogP contribution in [0.25, 0.3) is 0 Å². The van der Waals surface area contributed by atoms with Crippen LogP contribution in [0.5, 0.6) is 5.88 Å². The first-order chi connectivity index (χ1) is 9.27. The number of nitrogens with zero attached hydrogens (tertiary/aromatic N) is 3. The molecule has 1 aromatic heterocycles. The molecule has 0 saturated carbocycles. The van der Waals surface area contributed by atoms with Gasteiger partial charge < -0.3 is 15.4 Å². The topological polar surface area (TPSA) is 64.3 Å². The molecule has 0 amide bonds. The van der Waals surface area contributed by atoms with Crippen molar-refractivity contribution in [3.63, 3.8) is 0 Å². The lowest BCUT2D eigenvalue weighted by Gasteiger charge is -2.36. The molecule has 0 bridgehead atoms. The number of nitrogen functional groups attached to an aromatic ring is 1. The molecule has 0 aromatic carbocycles. The molecule has 1 fully saturated rings. The van der Waals surface area contributed by atoms with E-state index < -0.39 is 0 Å². The van der Waals surface area contributed by atoms with Crippen molar-refractivity contribution in [1.82, 2.24) is 9.97 Å². The van der Waals surface area contributed by atoms with E-state index in [2.05, 4.69) is 28.7 Å². The molecule has 2 heterocycles. The summed E-state index contributed by atoms with van der Waals surface area (Å²) in [5.74, 6) is 1.36. The Hall–Kier alpha value is -1.52. The van der Waals surface area contributed by atoms with Gasteiger partial charge >= 0.3 is 0 Å². The number of piperidine rings is 1. The smallest absolute Gasteiger partial charge is 0.242 e. The quantitative estimate of drug-likeness (QED) is 0.885. The average molecular weight is 264 g/mol. The molecule has 1 aromatic rings. The Labute approximate surface area is 115 Å². The van der Waals surface area contributed by atoms with Crippen LogP contribution < -0.4 is 15.4 Å². The molecule has 1 aliphatic heterocycles. The SMILES string of the molecule is CCCOc1ncnc(N2CCCCC2CC)c1N. The van der Waals surface area contributed by atoms with Crippen LogP contribution in [0.15, 0.2) is 6.33 Å². The van der Waals surface area contributed by atoms with Crippen molar-refractivity contribution < 1.29 is 4.74 Å². The van der Waals surface area contributed by atoms with Gasteiger partial charge in [0.2, 0.25) is 5.88 Å². The predicted octanol–water partition coefficient (Wildman–Crippen LogP) is 2.62. The number of hydrogen-bond donors (Lipinski definition) is 1. The van der Waals surface area contributed by atoms with Crippen LogP contribution >= 0.6 is 0 Å². The molecular formula is C14H24N4O. The third-order valence-corrected chi connectivity index (χ3v) is 3.64. The van der Waals surface area contributed by atoms with E-state index in [1.54, 1.807) is 6.33 Å². The molecule has 5 heteroatoms. The minimum atomic E-state index is 0.521. The van der Waals surface area contributed by atoms with Gasteiger partial charge in [0.25, 0.3) is 0 Å². The molecule has 1 saturated heterocycles. The Morgan fingerprint density at radius 1 is 1.37 bits per heavy atom. The molecule has 0 radical (unpaired) electrons. The fourth-order valence-corrected chi connectivity index (χ4v) is 2.62. The number of rotatable bonds is 5. The van der Waals surface area contributed by atoms with Gasteiger partial charge in [0.1, 0.15) is 12.0 Å². The van der Waals surface area contributed by atoms with E-state index in [1.807, 2.05) is 0 Å². The van der Waals surface area contributed by atoms with Crippen molar-refractivity contribution >= 4 is 11.5 Å². The Morgan fingerprint density at radius 3 is 2.95 bits per heavy atom. The van der Waals surface area contributed by atoms with Gasteiger partial charge in [-0.1, -0.05) is 13.8 Å². The maximum absolute atomic E-state index is 6.18.